The molecule has 8 rings (SSSR count). The van der Waals surface area contributed by atoms with E-state index in [1.165, 1.54) is 14.2 Å². The molecule has 0 aliphatic carbocycles. The van der Waals surface area contributed by atoms with Crippen molar-refractivity contribution in [1.29, 1.82) is 0 Å². The summed E-state index contributed by atoms with van der Waals surface area (Å²) in [5, 5.41) is 7.49. The highest BCUT2D eigenvalue weighted by Gasteiger charge is 2.41. The molecule has 0 saturated carbocycles. The van der Waals surface area contributed by atoms with Crippen LogP contribution in [-0.4, -0.2) is 106 Å². The third-order valence-electron chi connectivity index (χ3n) is 11.9. The number of likely N-dealkylation sites (tertiary alicyclic amines) is 2. The Labute approximate surface area is 341 Å². The Morgan fingerprint density at radius 1 is 0.763 bits per heavy atom. The van der Waals surface area contributed by atoms with Crippen molar-refractivity contribution >= 4 is 56.8 Å². The summed E-state index contributed by atoms with van der Waals surface area (Å²) in [5.74, 6) is 7.63. The van der Waals surface area contributed by atoms with Gasteiger partial charge in [0.05, 0.1) is 48.4 Å². The van der Waals surface area contributed by atoms with Crippen LogP contribution in [-0.2, 0) is 23.8 Å². The molecule has 3 aliphatic heterocycles. The molecule has 2 aromatic heterocycles. The number of ether oxygens (including phenoxy) is 3. The molecule has 15 heteroatoms. The Balaban J connectivity index is 0.991. The minimum absolute atomic E-state index is 0.0378. The number of carbonyl (C=O) groups excluding carboxylic acids is 4. The lowest BCUT2D eigenvalue weighted by molar-refractivity contribution is -0.137. The van der Waals surface area contributed by atoms with Gasteiger partial charge in [0.1, 0.15) is 23.7 Å². The van der Waals surface area contributed by atoms with Gasteiger partial charge in [0, 0.05) is 42.8 Å². The lowest BCUT2D eigenvalue weighted by Gasteiger charge is -2.34. The molecule has 0 radical (unpaired) electrons. The Bertz CT molecular complexity index is 2460. The zero-order chi connectivity index (χ0) is 41.2. The van der Waals surface area contributed by atoms with Gasteiger partial charge in [0.25, 0.3) is 0 Å². The Morgan fingerprint density at radius 2 is 1.39 bits per heavy atom. The quantitative estimate of drug-likeness (QED) is 0.140. The van der Waals surface area contributed by atoms with Crippen LogP contribution in [0.25, 0.3) is 32.8 Å². The van der Waals surface area contributed by atoms with Gasteiger partial charge in [-0.15, -0.1) is 0 Å². The average Bonchev–Trinajstić information content (AvgIpc) is 4.09. The number of hydrogen-bond donors (Lipinski definition) is 4. The van der Waals surface area contributed by atoms with Gasteiger partial charge in [-0.3, -0.25) is 9.59 Å². The first-order chi connectivity index (χ1) is 28.6. The van der Waals surface area contributed by atoms with E-state index in [4.69, 9.17) is 24.2 Å². The summed E-state index contributed by atoms with van der Waals surface area (Å²) in [4.78, 5) is 72.5. The van der Waals surface area contributed by atoms with E-state index in [0.29, 0.717) is 45.0 Å². The third-order valence-corrected chi connectivity index (χ3v) is 11.9. The van der Waals surface area contributed by atoms with Crippen molar-refractivity contribution in [3.63, 3.8) is 0 Å². The number of alkyl carbamates (subject to hydrolysis) is 2. The summed E-state index contributed by atoms with van der Waals surface area (Å²) in [7, 11) is 2.59. The highest BCUT2D eigenvalue weighted by atomic mass is 16.5. The van der Waals surface area contributed by atoms with Gasteiger partial charge in [0.2, 0.25) is 11.8 Å². The molecule has 308 valence electrons. The Hall–Kier alpha value is -6.14. The van der Waals surface area contributed by atoms with Gasteiger partial charge >= 0.3 is 12.2 Å². The van der Waals surface area contributed by atoms with Crippen LogP contribution < -0.4 is 10.6 Å². The molecule has 15 nitrogen and oxygen atoms in total. The molecule has 4 atom stereocenters. The molecule has 3 aromatic carbocycles. The number of methoxy groups -OCH3 is 2. The molecule has 3 fully saturated rings. The molecule has 0 unspecified atom stereocenters. The zero-order valence-corrected chi connectivity index (χ0v) is 33.8. The van der Waals surface area contributed by atoms with Crippen molar-refractivity contribution in [2.24, 2.45) is 11.8 Å². The van der Waals surface area contributed by atoms with Gasteiger partial charge < -0.3 is 44.6 Å². The monoisotopic (exact) mass is 802 g/mol. The predicted molar refractivity (Wildman–Crippen MR) is 220 cm³/mol. The molecule has 4 amide bonds. The highest BCUT2D eigenvalue weighted by Crippen LogP contribution is 2.36. The van der Waals surface area contributed by atoms with E-state index < -0.39 is 24.3 Å². The number of aromatic nitrogens is 4. The summed E-state index contributed by atoms with van der Waals surface area (Å²) >= 11 is 0. The van der Waals surface area contributed by atoms with E-state index in [1.807, 2.05) is 61.2 Å². The first-order valence-corrected chi connectivity index (χ1v) is 20.4. The van der Waals surface area contributed by atoms with Gasteiger partial charge in [-0.25, -0.2) is 19.6 Å². The maximum absolute atomic E-state index is 14.1. The lowest BCUT2D eigenvalue weighted by Crippen LogP contribution is -2.53. The molecule has 5 heterocycles. The SMILES string of the molecule is COC(=O)N[C@H](C(=O)N1CCC[C@H]1c1nc2ccc(C#Cc3ccc4c(ccc5[nH]c([C@@H]6CCCN6C(=O)[C@@H](NC(=O)OC)C6CCOCC6)nc54)c3)cc2[nH]1)C(C)C. The van der Waals surface area contributed by atoms with E-state index >= 15 is 0 Å². The van der Waals surface area contributed by atoms with Crippen LogP contribution in [0.3, 0.4) is 0 Å². The average molecular weight is 803 g/mol. The van der Waals surface area contributed by atoms with E-state index in [9.17, 15) is 19.2 Å². The molecule has 59 heavy (non-hydrogen) atoms. The van der Waals surface area contributed by atoms with Crippen LogP contribution in [0.1, 0.15) is 87.2 Å². The fraction of sp³-hybridized carbons (Fsp3) is 0.455. The maximum Gasteiger partial charge on any atom is 0.407 e. The maximum atomic E-state index is 14.1. The summed E-state index contributed by atoms with van der Waals surface area (Å²) in [6.45, 7) is 6.06. The van der Waals surface area contributed by atoms with Crippen molar-refractivity contribution < 1.29 is 33.4 Å². The molecule has 4 N–H and O–H groups in total. The summed E-state index contributed by atoms with van der Waals surface area (Å²) < 4.78 is 15.2. The van der Waals surface area contributed by atoms with Gasteiger partial charge in [-0.1, -0.05) is 37.8 Å². The Morgan fingerprint density at radius 3 is 2.08 bits per heavy atom. The molecule has 0 spiro atoms. The number of imidazole rings is 2. The number of fused-ring (bicyclic) bond motifs is 4. The second-order valence-electron chi connectivity index (χ2n) is 15.9. The lowest BCUT2D eigenvalue weighted by atomic mass is 9.90. The molecule has 3 aliphatic rings. The van der Waals surface area contributed by atoms with E-state index in [0.717, 1.165) is 75.5 Å². The summed E-state index contributed by atoms with van der Waals surface area (Å²) in [6, 6.07) is 14.1. The Kier molecular flexibility index (Phi) is 11.4. The van der Waals surface area contributed by atoms with Gasteiger partial charge in [-0.05, 0) is 92.1 Å². The fourth-order valence-corrected chi connectivity index (χ4v) is 8.77. The first-order valence-electron chi connectivity index (χ1n) is 20.4. The number of H-pyrrole nitrogens is 2. The third kappa shape index (κ3) is 8.14. The number of rotatable bonds is 8. The topological polar surface area (TPSA) is 184 Å². The van der Waals surface area contributed by atoms with Gasteiger partial charge in [0.15, 0.2) is 0 Å². The highest BCUT2D eigenvalue weighted by molar-refractivity contribution is 6.04. The number of aromatic amines is 2. The summed E-state index contributed by atoms with van der Waals surface area (Å²) in [5.41, 5.74) is 4.99. The van der Waals surface area contributed by atoms with Crippen LogP contribution in [0.2, 0.25) is 0 Å². The van der Waals surface area contributed by atoms with Crippen molar-refractivity contribution in [2.45, 2.75) is 76.5 Å². The second kappa shape index (κ2) is 17.0. The van der Waals surface area contributed by atoms with Crippen molar-refractivity contribution in [1.82, 2.24) is 40.4 Å². The number of carbonyl (C=O) groups is 4. The second-order valence-corrected chi connectivity index (χ2v) is 15.9. The minimum atomic E-state index is -0.702. The van der Waals surface area contributed by atoms with Crippen molar-refractivity contribution in [3.05, 3.63) is 71.3 Å². The van der Waals surface area contributed by atoms with Crippen molar-refractivity contribution in [3.8, 4) is 11.8 Å². The molecule has 0 bridgehead atoms. The number of benzene rings is 3. The standard InChI is InChI=1S/C44H50N8O7/c1-25(2)36(49-43(55)57-3)41(53)51-19-5-7-34(51)39-45-31-15-12-27(24-33(31)47-39)10-9-26-11-14-30-29(23-26)13-16-32-38(30)48-40(46-32)35-8-6-20-52(35)42(54)37(50-44(56)58-4)28-17-21-59-22-18-28/h11-16,23-25,28,34-37H,5-8,17-22H2,1-4H3,(H,45,47)(H,46,48)(H,49,55)(H,50,56)/t34-,35-,36-,37-/m0/s1. The number of amides is 4. The fourth-order valence-electron chi connectivity index (χ4n) is 8.77. The van der Waals surface area contributed by atoms with Crippen LogP contribution in [0, 0.1) is 23.7 Å². The zero-order valence-electron chi connectivity index (χ0n) is 33.8. The predicted octanol–water partition coefficient (Wildman–Crippen LogP) is 5.85. The molecular formula is C44H50N8O7. The molecule has 5 aromatic rings. The van der Waals surface area contributed by atoms with E-state index in [1.54, 1.807) is 4.90 Å². The largest absolute Gasteiger partial charge is 0.453 e. The van der Waals surface area contributed by atoms with E-state index in [-0.39, 0.29) is 35.7 Å². The number of hydrogen-bond acceptors (Lipinski definition) is 9. The smallest absolute Gasteiger partial charge is 0.407 e. The van der Waals surface area contributed by atoms with Crippen LogP contribution in [0.4, 0.5) is 9.59 Å². The normalized spacial score (nSPS) is 19.5. The van der Waals surface area contributed by atoms with E-state index in [2.05, 4.69) is 38.5 Å². The first kappa shape index (κ1) is 39.7. The van der Waals surface area contributed by atoms with Gasteiger partial charge in [-0.2, -0.15) is 0 Å². The van der Waals surface area contributed by atoms with Crippen LogP contribution in [0.5, 0.6) is 0 Å². The van der Waals surface area contributed by atoms with Crippen LogP contribution >= 0.6 is 0 Å². The minimum Gasteiger partial charge on any atom is -0.453 e. The number of nitrogens with one attached hydrogen (secondary N) is 4. The number of nitrogens with zero attached hydrogens (tertiary/aromatic N) is 4. The summed E-state index contributed by atoms with van der Waals surface area (Å²) in [6.07, 6.45) is 3.32. The van der Waals surface area contributed by atoms with Crippen LogP contribution in [0.15, 0.2) is 48.5 Å². The molecule has 3 saturated heterocycles. The van der Waals surface area contributed by atoms with Crippen molar-refractivity contribution in [2.75, 3.05) is 40.5 Å². The molecular weight excluding hydrogens is 753 g/mol.